The van der Waals surface area contributed by atoms with Crippen LogP contribution in [0.15, 0.2) is 65.3 Å². The van der Waals surface area contributed by atoms with Gasteiger partial charge in [-0.15, -0.1) is 0 Å². The molecule has 2 aromatic carbocycles. The third-order valence-corrected chi connectivity index (χ3v) is 4.70. The van der Waals surface area contributed by atoms with E-state index in [9.17, 15) is 4.79 Å². The van der Waals surface area contributed by atoms with Crippen LogP contribution in [-0.4, -0.2) is 15.7 Å². The molecule has 0 aliphatic heterocycles. The SMILES string of the molecule is O=C(CCc1ccccc1)Nc1nn(Cc2ccccc2Cl)cc1Br. The highest BCUT2D eigenvalue weighted by Crippen LogP contribution is 2.22. The normalized spacial score (nSPS) is 10.6. The smallest absolute Gasteiger partial charge is 0.225 e. The van der Waals surface area contributed by atoms with Crippen molar-refractivity contribution in [2.45, 2.75) is 19.4 Å². The third kappa shape index (κ3) is 4.94. The summed E-state index contributed by atoms with van der Waals surface area (Å²) in [5.41, 5.74) is 2.11. The van der Waals surface area contributed by atoms with Gasteiger partial charge in [0.2, 0.25) is 5.91 Å². The van der Waals surface area contributed by atoms with E-state index in [-0.39, 0.29) is 5.91 Å². The molecule has 0 radical (unpaired) electrons. The molecule has 0 bridgehead atoms. The topological polar surface area (TPSA) is 46.9 Å². The van der Waals surface area contributed by atoms with Crippen LogP contribution in [0.2, 0.25) is 5.02 Å². The van der Waals surface area contributed by atoms with Crippen LogP contribution in [0.1, 0.15) is 17.5 Å². The summed E-state index contributed by atoms with van der Waals surface area (Å²) in [5.74, 6) is 0.456. The molecular formula is C19H17BrClN3O. The standard InChI is InChI=1S/C19H17BrClN3O/c20-16-13-24(12-15-8-4-5-9-17(15)21)23-19(16)22-18(25)11-10-14-6-2-1-3-7-14/h1-9,13H,10-12H2,(H,22,23,25). The molecule has 1 amide bonds. The Morgan fingerprint density at radius 2 is 1.84 bits per heavy atom. The number of aryl methyl sites for hydroxylation is 1. The Balaban J connectivity index is 1.60. The molecule has 0 fully saturated rings. The van der Waals surface area contributed by atoms with Crippen molar-refractivity contribution in [1.82, 2.24) is 9.78 Å². The molecule has 25 heavy (non-hydrogen) atoms. The maximum Gasteiger partial charge on any atom is 0.225 e. The molecule has 0 aliphatic carbocycles. The first kappa shape index (κ1) is 17.7. The van der Waals surface area contributed by atoms with Crippen LogP contribution in [0.3, 0.4) is 0 Å². The Hall–Kier alpha value is -2.11. The van der Waals surface area contributed by atoms with Crippen LogP contribution in [0, 0.1) is 0 Å². The fourth-order valence-corrected chi connectivity index (χ4v) is 3.07. The van der Waals surface area contributed by atoms with Crippen LogP contribution in [0.4, 0.5) is 5.82 Å². The molecule has 4 nitrogen and oxygen atoms in total. The van der Waals surface area contributed by atoms with Gasteiger partial charge in [-0.05, 0) is 39.5 Å². The van der Waals surface area contributed by atoms with Gasteiger partial charge < -0.3 is 5.32 Å². The number of hydrogen-bond donors (Lipinski definition) is 1. The Bertz CT molecular complexity index is 864. The van der Waals surface area contributed by atoms with E-state index in [0.717, 1.165) is 15.6 Å². The molecule has 1 heterocycles. The zero-order chi connectivity index (χ0) is 17.6. The number of rotatable bonds is 6. The molecule has 128 valence electrons. The lowest BCUT2D eigenvalue weighted by Gasteiger charge is -2.05. The fraction of sp³-hybridized carbons (Fsp3) is 0.158. The summed E-state index contributed by atoms with van der Waals surface area (Å²) in [6, 6.07) is 17.6. The molecule has 6 heteroatoms. The minimum Gasteiger partial charge on any atom is -0.308 e. The molecule has 1 N–H and O–H groups in total. The van der Waals surface area contributed by atoms with Gasteiger partial charge in [0.05, 0.1) is 11.0 Å². The summed E-state index contributed by atoms with van der Waals surface area (Å²) in [4.78, 5) is 12.2. The molecule has 0 saturated heterocycles. The van der Waals surface area contributed by atoms with Gasteiger partial charge in [-0.25, -0.2) is 0 Å². The lowest BCUT2D eigenvalue weighted by molar-refractivity contribution is -0.116. The second-order valence-electron chi connectivity index (χ2n) is 5.65. The Kier molecular flexibility index (Phi) is 5.89. The van der Waals surface area contributed by atoms with E-state index < -0.39 is 0 Å². The minimum absolute atomic E-state index is 0.0625. The van der Waals surface area contributed by atoms with Gasteiger partial charge in [0.1, 0.15) is 0 Å². The van der Waals surface area contributed by atoms with E-state index in [2.05, 4.69) is 26.3 Å². The first-order valence-corrected chi connectivity index (χ1v) is 9.09. The van der Waals surface area contributed by atoms with Crippen molar-refractivity contribution in [2.24, 2.45) is 0 Å². The van der Waals surface area contributed by atoms with Crippen LogP contribution < -0.4 is 5.32 Å². The first-order chi connectivity index (χ1) is 12.1. The Morgan fingerprint density at radius 1 is 1.12 bits per heavy atom. The summed E-state index contributed by atoms with van der Waals surface area (Å²) in [5, 5.41) is 7.97. The van der Waals surface area contributed by atoms with Crippen LogP contribution in [0.25, 0.3) is 0 Å². The van der Waals surface area contributed by atoms with Gasteiger partial charge >= 0.3 is 0 Å². The summed E-state index contributed by atoms with van der Waals surface area (Å²) in [6.07, 6.45) is 2.94. The molecular weight excluding hydrogens is 402 g/mol. The summed E-state index contributed by atoms with van der Waals surface area (Å²) in [7, 11) is 0. The second kappa shape index (κ2) is 8.32. The van der Waals surface area contributed by atoms with Crippen molar-refractivity contribution in [1.29, 1.82) is 0 Å². The van der Waals surface area contributed by atoms with Gasteiger partial charge in [-0.3, -0.25) is 9.48 Å². The first-order valence-electron chi connectivity index (χ1n) is 7.92. The maximum atomic E-state index is 12.2. The van der Waals surface area contributed by atoms with E-state index in [4.69, 9.17) is 11.6 Å². The average Bonchev–Trinajstić information content (AvgIpc) is 2.95. The minimum atomic E-state index is -0.0625. The van der Waals surface area contributed by atoms with E-state index in [1.165, 1.54) is 0 Å². The van der Waals surface area contributed by atoms with Crippen molar-refractivity contribution < 1.29 is 4.79 Å². The lowest BCUT2D eigenvalue weighted by atomic mass is 10.1. The summed E-state index contributed by atoms with van der Waals surface area (Å²) >= 11 is 9.62. The van der Waals surface area contributed by atoms with Gasteiger partial charge in [0, 0.05) is 17.6 Å². The molecule has 3 aromatic rings. The molecule has 0 unspecified atom stereocenters. The van der Waals surface area contributed by atoms with E-state index in [0.29, 0.717) is 30.2 Å². The fourth-order valence-electron chi connectivity index (χ4n) is 2.46. The number of halogens is 2. The highest BCUT2D eigenvalue weighted by atomic mass is 79.9. The second-order valence-corrected chi connectivity index (χ2v) is 6.91. The van der Waals surface area contributed by atoms with Crippen LogP contribution in [-0.2, 0) is 17.8 Å². The number of hydrogen-bond acceptors (Lipinski definition) is 2. The molecule has 0 aliphatic rings. The van der Waals surface area contributed by atoms with Crippen molar-refractivity contribution >= 4 is 39.3 Å². The van der Waals surface area contributed by atoms with Crippen molar-refractivity contribution in [3.8, 4) is 0 Å². The number of nitrogens with one attached hydrogen (secondary N) is 1. The van der Waals surface area contributed by atoms with E-state index in [1.54, 1.807) is 4.68 Å². The molecule has 3 rings (SSSR count). The highest BCUT2D eigenvalue weighted by molar-refractivity contribution is 9.10. The van der Waals surface area contributed by atoms with Crippen LogP contribution in [0.5, 0.6) is 0 Å². The predicted molar refractivity (Wildman–Crippen MR) is 104 cm³/mol. The predicted octanol–water partition coefficient (Wildman–Crippen LogP) is 4.92. The number of aromatic nitrogens is 2. The zero-order valence-corrected chi connectivity index (χ0v) is 15.8. The van der Waals surface area contributed by atoms with Gasteiger partial charge in [0.25, 0.3) is 0 Å². The van der Waals surface area contributed by atoms with Crippen molar-refractivity contribution in [2.75, 3.05) is 5.32 Å². The molecule has 1 aromatic heterocycles. The highest BCUT2D eigenvalue weighted by Gasteiger charge is 2.11. The lowest BCUT2D eigenvalue weighted by Crippen LogP contribution is -2.13. The van der Waals surface area contributed by atoms with Crippen molar-refractivity contribution in [3.63, 3.8) is 0 Å². The number of carbonyl (C=O) groups is 1. The number of amides is 1. The van der Waals surface area contributed by atoms with E-state index in [1.807, 2.05) is 60.8 Å². The quantitative estimate of drug-likeness (QED) is 0.618. The van der Waals surface area contributed by atoms with Gasteiger partial charge in [0.15, 0.2) is 5.82 Å². The third-order valence-electron chi connectivity index (χ3n) is 3.75. The monoisotopic (exact) mass is 417 g/mol. The molecule has 0 atom stereocenters. The summed E-state index contributed by atoms with van der Waals surface area (Å²) in [6.45, 7) is 0.540. The number of anilines is 1. The summed E-state index contributed by atoms with van der Waals surface area (Å²) < 4.78 is 2.49. The van der Waals surface area contributed by atoms with Crippen molar-refractivity contribution in [3.05, 3.63) is 81.4 Å². The largest absolute Gasteiger partial charge is 0.308 e. The maximum absolute atomic E-state index is 12.2. The number of carbonyl (C=O) groups excluding carboxylic acids is 1. The number of benzene rings is 2. The van der Waals surface area contributed by atoms with Gasteiger partial charge in [-0.2, -0.15) is 5.10 Å². The Labute approximate surface area is 159 Å². The van der Waals surface area contributed by atoms with E-state index >= 15 is 0 Å². The zero-order valence-electron chi connectivity index (χ0n) is 13.5. The Morgan fingerprint density at radius 3 is 2.60 bits per heavy atom. The number of nitrogens with zero attached hydrogens (tertiary/aromatic N) is 2. The van der Waals surface area contributed by atoms with Gasteiger partial charge in [-0.1, -0.05) is 60.1 Å². The average molecular weight is 419 g/mol. The van der Waals surface area contributed by atoms with Crippen LogP contribution >= 0.6 is 27.5 Å². The molecule has 0 spiro atoms. The molecule has 0 saturated carbocycles.